The molecule has 0 aliphatic rings. The average molecular weight is 359 g/mol. The van der Waals surface area contributed by atoms with Crippen molar-refractivity contribution in [1.82, 2.24) is 0 Å². The van der Waals surface area contributed by atoms with Crippen LogP contribution in [-0.4, -0.2) is 68.2 Å². The van der Waals surface area contributed by atoms with Crippen molar-refractivity contribution in [1.29, 1.82) is 0 Å². The summed E-state index contributed by atoms with van der Waals surface area (Å²) in [6, 6.07) is 0. The molecule has 0 saturated heterocycles. The molecule has 0 amide bonds. The third kappa shape index (κ3) is 1350. The molecule has 17 heavy (non-hydrogen) atoms. The van der Waals surface area contributed by atoms with Crippen molar-refractivity contribution in [2.75, 3.05) is 0 Å². The van der Waals surface area contributed by atoms with Gasteiger partial charge >= 0.3 is 0 Å². The Labute approximate surface area is 115 Å². The summed E-state index contributed by atoms with van der Waals surface area (Å²) in [5, 5.41) is 29.7. The fourth-order valence-corrected chi connectivity index (χ4v) is 0. The van der Waals surface area contributed by atoms with Crippen molar-refractivity contribution in [3.63, 3.8) is 0 Å². The molecule has 0 atom stereocenters. The Balaban J connectivity index is -0.0000000369. The summed E-state index contributed by atoms with van der Waals surface area (Å²) in [6.45, 7) is 4.33. The van der Waals surface area contributed by atoms with E-state index < -0.39 is 23.9 Å². The Hall–Kier alpha value is -1.32. The van der Waals surface area contributed by atoms with E-state index in [0.717, 1.165) is 27.7 Å². The third-order valence-electron chi connectivity index (χ3n) is 0. The van der Waals surface area contributed by atoms with E-state index in [0.29, 0.717) is 0 Å². The smallest absolute Gasteiger partial charge is 0.300 e. The molecule has 0 aliphatic carbocycles. The van der Waals surface area contributed by atoms with Crippen LogP contribution >= 0.6 is 0 Å². The van der Waals surface area contributed by atoms with Crippen LogP contribution in [0.2, 0.25) is 0 Å². The van der Waals surface area contributed by atoms with Crippen LogP contribution in [0.25, 0.3) is 0 Å². The molecular weight excluding hydrogens is 343 g/mol. The van der Waals surface area contributed by atoms with Crippen molar-refractivity contribution in [2.24, 2.45) is 0 Å². The van der Waals surface area contributed by atoms with E-state index in [1.54, 1.807) is 0 Å². The first-order valence-corrected chi connectivity index (χ1v) is 3.71. The third-order valence-corrected chi connectivity index (χ3v) is 0. The monoisotopic (exact) mass is 360 g/mol. The van der Waals surface area contributed by atoms with Gasteiger partial charge in [-0.3, -0.25) is 19.2 Å². The van der Waals surface area contributed by atoms with Crippen LogP contribution in [0, 0.1) is 0 Å². The summed E-state index contributed by atoms with van der Waals surface area (Å²) >= 11 is 0. The van der Waals surface area contributed by atoms with Crippen molar-refractivity contribution < 1.29 is 39.6 Å². The summed E-state index contributed by atoms with van der Waals surface area (Å²) in [5.74, 6) is -3.33. The first kappa shape index (κ1) is 29.6. The second-order valence-corrected chi connectivity index (χ2v) is 2.08. The molecule has 0 aromatic carbocycles. The van der Waals surface area contributed by atoms with E-state index in [1.807, 2.05) is 0 Å². The standard InChI is InChI=1S/4C2H4O2.Sn/c4*1-2(3)4;/h4*1H3,(H,3,4);. The van der Waals surface area contributed by atoms with Gasteiger partial charge in [0, 0.05) is 51.6 Å². The minimum Gasteiger partial charge on any atom is -0.481 e. The number of aliphatic carboxylic acids is 4. The Bertz CT molecular complexity index is 162. The zero-order chi connectivity index (χ0) is 14.3. The van der Waals surface area contributed by atoms with Crippen molar-refractivity contribution >= 4 is 47.8 Å². The van der Waals surface area contributed by atoms with Gasteiger partial charge in [-0.2, -0.15) is 0 Å². The van der Waals surface area contributed by atoms with Gasteiger partial charge < -0.3 is 20.4 Å². The van der Waals surface area contributed by atoms with Crippen molar-refractivity contribution in [3.05, 3.63) is 0 Å². The number of rotatable bonds is 0. The van der Waals surface area contributed by atoms with E-state index in [9.17, 15) is 0 Å². The maximum absolute atomic E-state index is 9.00. The summed E-state index contributed by atoms with van der Waals surface area (Å²) in [5.41, 5.74) is 0. The number of hydrogen-bond acceptors (Lipinski definition) is 4. The summed E-state index contributed by atoms with van der Waals surface area (Å²) in [7, 11) is 0. The van der Waals surface area contributed by atoms with Crippen molar-refractivity contribution in [3.8, 4) is 0 Å². The minimum atomic E-state index is -0.833. The molecule has 4 radical (unpaired) electrons. The van der Waals surface area contributed by atoms with E-state index in [1.165, 1.54) is 0 Å². The molecule has 0 aromatic rings. The van der Waals surface area contributed by atoms with Gasteiger partial charge in [0.25, 0.3) is 23.9 Å². The predicted molar refractivity (Wildman–Crippen MR) is 59.0 cm³/mol. The Morgan fingerprint density at radius 1 is 0.529 bits per heavy atom. The van der Waals surface area contributed by atoms with Gasteiger partial charge in [-0.25, -0.2) is 0 Å². The molecular formula is C8H16O8Sn. The van der Waals surface area contributed by atoms with Gasteiger partial charge in [0.1, 0.15) is 0 Å². The van der Waals surface area contributed by atoms with Gasteiger partial charge in [0.05, 0.1) is 0 Å². The zero-order valence-electron chi connectivity index (χ0n) is 9.92. The topological polar surface area (TPSA) is 149 Å². The average Bonchev–Trinajstić information content (AvgIpc) is 1.76. The molecule has 0 heterocycles. The maximum atomic E-state index is 9.00. The van der Waals surface area contributed by atoms with Crippen LogP contribution in [0.4, 0.5) is 0 Å². The number of hydrogen-bond donors (Lipinski definition) is 4. The number of carbonyl (C=O) groups is 4. The van der Waals surface area contributed by atoms with Crippen LogP contribution in [-0.2, 0) is 19.2 Å². The first-order chi connectivity index (χ1) is 6.93. The Morgan fingerprint density at radius 2 is 0.529 bits per heavy atom. The second-order valence-electron chi connectivity index (χ2n) is 2.08. The van der Waals surface area contributed by atoms with E-state index in [-0.39, 0.29) is 23.9 Å². The molecule has 0 aromatic heterocycles. The predicted octanol–water partition coefficient (Wildman–Crippen LogP) is -0.0172. The molecule has 100 valence electrons. The molecule has 0 aliphatic heterocycles. The molecule has 8 nitrogen and oxygen atoms in total. The van der Waals surface area contributed by atoms with Gasteiger partial charge in [0.15, 0.2) is 0 Å². The summed E-state index contributed by atoms with van der Waals surface area (Å²) in [4.78, 5) is 36.0. The SMILES string of the molecule is CC(=O)O.CC(=O)O.CC(=O)O.CC(=O)O.[Sn]. The van der Waals surface area contributed by atoms with Gasteiger partial charge in [-0.05, 0) is 0 Å². The second kappa shape index (κ2) is 24.1. The van der Waals surface area contributed by atoms with Crippen LogP contribution in [0.5, 0.6) is 0 Å². The van der Waals surface area contributed by atoms with Crippen molar-refractivity contribution in [2.45, 2.75) is 27.7 Å². The molecule has 0 spiro atoms. The molecule has 4 N–H and O–H groups in total. The molecule has 0 unspecified atom stereocenters. The van der Waals surface area contributed by atoms with E-state index in [4.69, 9.17) is 39.6 Å². The normalized spacial score (nSPS) is 5.88. The fraction of sp³-hybridized carbons (Fsp3) is 0.500. The summed E-state index contributed by atoms with van der Waals surface area (Å²) in [6.07, 6.45) is 0. The number of carboxylic acid groups (broad SMARTS) is 4. The molecule has 0 fully saturated rings. The quantitative estimate of drug-likeness (QED) is 0.441. The van der Waals surface area contributed by atoms with E-state index in [2.05, 4.69) is 0 Å². The molecule has 0 rings (SSSR count). The van der Waals surface area contributed by atoms with Crippen LogP contribution in [0.15, 0.2) is 0 Å². The molecule has 0 saturated carbocycles. The minimum absolute atomic E-state index is 0. The number of carboxylic acids is 4. The van der Waals surface area contributed by atoms with Crippen LogP contribution in [0.1, 0.15) is 27.7 Å². The van der Waals surface area contributed by atoms with Gasteiger partial charge in [-0.1, -0.05) is 0 Å². The first-order valence-electron chi connectivity index (χ1n) is 3.71. The fourth-order valence-electron chi connectivity index (χ4n) is 0. The Morgan fingerprint density at radius 3 is 0.529 bits per heavy atom. The van der Waals surface area contributed by atoms with E-state index >= 15 is 0 Å². The van der Waals surface area contributed by atoms with Gasteiger partial charge in [-0.15, -0.1) is 0 Å². The van der Waals surface area contributed by atoms with Gasteiger partial charge in [0.2, 0.25) is 0 Å². The maximum Gasteiger partial charge on any atom is 0.300 e. The Kier molecular flexibility index (Phi) is 42.0. The largest absolute Gasteiger partial charge is 0.481 e. The molecule has 9 heteroatoms. The molecule has 0 bridgehead atoms. The van der Waals surface area contributed by atoms with Crippen LogP contribution < -0.4 is 0 Å². The zero-order valence-corrected chi connectivity index (χ0v) is 12.8. The summed E-state index contributed by atoms with van der Waals surface area (Å²) < 4.78 is 0. The van der Waals surface area contributed by atoms with Crippen LogP contribution in [0.3, 0.4) is 0 Å².